The summed E-state index contributed by atoms with van der Waals surface area (Å²) in [6.07, 6.45) is 0. The highest BCUT2D eigenvalue weighted by Gasteiger charge is 2.47. The summed E-state index contributed by atoms with van der Waals surface area (Å²) in [5.74, 6) is 2.25. The smallest absolute Gasteiger partial charge is 0.236 e. The summed E-state index contributed by atoms with van der Waals surface area (Å²) >= 11 is 0. The molecule has 158 valence electrons. The van der Waals surface area contributed by atoms with E-state index in [0.717, 1.165) is 51.7 Å². The van der Waals surface area contributed by atoms with E-state index in [2.05, 4.69) is 33.9 Å². The zero-order chi connectivity index (χ0) is 18.1. The lowest BCUT2D eigenvalue weighted by molar-refractivity contribution is -0.132. The molecule has 0 bridgehead atoms. The second-order valence-corrected chi connectivity index (χ2v) is 7.77. The number of nitrogens with zero attached hydrogens (tertiary/aromatic N) is 3. The minimum absolute atomic E-state index is 0. The molecule has 1 aromatic carbocycles. The molecule has 28 heavy (non-hydrogen) atoms. The molecule has 3 heterocycles. The first-order chi connectivity index (χ1) is 12.7. The van der Waals surface area contributed by atoms with Gasteiger partial charge in [-0.25, -0.2) is 0 Å². The van der Waals surface area contributed by atoms with Crippen LogP contribution in [0.2, 0.25) is 0 Å². The molecule has 1 aromatic rings. The molecule has 3 fully saturated rings. The van der Waals surface area contributed by atoms with Crippen LogP contribution in [-0.4, -0.2) is 87.2 Å². The lowest BCUT2D eigenvalue weighted by atomic mass is 9.89. The van der Waals surface area contributed by atoms with Crippen molar-refractivity contribution in [1.29, 1.82) is 0 Å². The molecule has 0 radical (unpaired) electrons. The van der Waals surface area contributed by atoms with Gasteiger partial charge in [0.2, 0.25) is 5.91 Å². The Balaban J connectivity index is 0.00000140. The Bertz CT molecular complexity index is 640. The van der Waals surface area contributed by atoms with Crippen LogP contribution in [0.1, 0.15) is 11.6 Å². The van der Waals surface area contributed by atoms with E-state index < -0.39 is 0 Å². The van der Waals surface area contributed by atoms with Crippen LogP contribution in [0.4, 0.5) is 0 Å². The molecular weight excluding hydrogens is 401 g/mol. The number of ether oxygens (including phenoxy) is 2. The minimum atomic E-state index is 0. The summed E-state index contributed by atoms with van der Waals surface area (Å²) in [6, 6.07) is 8.79. The van der Waals surface area contributed by atoms with Crippen LogP contribution in [0.15, 0.2) is 24.3 Å². The number of rotatable bonds is 4. The van der Waals surface area contributed by atoms with Crippen LogP contribution in [0.5, 0.6) is 5.75 Å². The Kier molecular flexibility index (Phi) is 8.40. The highest BCUT2D eigenvalue weighted by Crippen LogP contribution is 2.44. The summed E-state index contributed by atoms with van der Waals surface area (Å²) < 4.78 is 10.7. The van der Waals surface area contributed by atoms with Gasteiger partial charge in [-0.15, -0.1) is 24.8 Å². The van der Waals surface area contributed by atoms with Gasteiger partial charge in [-0.1, -0.05) is 12.1 Å². The van der Waals surface area contributed by atoms with Crippen molar-refractivity contribution in [3.05, 3.63) is 29.8 Å². The Morgan fingerprint density at radius 1 is 1.11 bits per heavy atom. The standard InChI is InChI=1S/C20H29N3O3.2ClH/c1-21-11-16-12-23(19(24)14-22-7-9-26-10-8-22)13-18(16)20(21)15-3-5-17(25-2)6-4-15;;/h3-6,16,18,20H,7-14H2,1-2H3;2*1H/t16-,18+,20-;;/m0../s1. The van der Waals surface area contributed by atoms with Gasteiger partial charge in [-0.05, 0) is 30.7 Å². The zero-order valence-corrected chi connectivity index (χ0v) is 18.2. The Hall–Kier alpha value is -1.05. The summed E-state index contributed by atoms with van der Waals surface area (Å²) in [5, 5.41) is 0. The Labute approximate surface area is 179 Å². The SMILES string of the molecule is COc1ccc([C@H]2[C@@H]3CN(C(=O)CN4CCOCC4)C[C@@H]3CN2C)cc1.Cl.Cl. The van der Waals surface area contributed by atoms with Gasteiger partial charge < -0.3 is 14.4 Å². The summed E-state index contributed by atoms with van der Waals surface area (Å²) in [5.41, 5.74) is 1.32. The molecule has 3 atom stereocenters. The summed E-state index contributed by atoms with van der Waals surface area (Å²) in [6.45, 7) is 6.56. The van der Waals surface area contributed by atoms with E-state index in [4.69, 9.17) is 9.47 Å². The molecule has 0 N–H and O–H groups in total. The number of carbonyl (C=O) groups excluding carboxylic acids is 1. The number of carbonyl (C=O) groups is 1. The number of halogens is 2. The monoisotopic (exact) mass is 431 g/mol. The topological polar surface area (TPSA) is 45.3 Å². The van der Waals surface area contributed by atoms with Gasteiger partial charge in [0.05, 0.1) is 26.9 Å². The number of benzene rings is 1. The number of hydrogen-bond acceptors (Lipinski definition) is 5. The van der Waals surface area contributed by atoms with Crippen LogP contribution >= 0.6 is 24.8 Å². The fourth-order valence-corrected chi connectivity index (χ4v) is 4.81. The van der Waals surface area contributed by atoms with Gasteiger partial charge in [-0.3, -0.25) is 14.6 Å². The molecule has 3 aliphatic rings. The first-order valence-electron chi connectivity index (χ1n) is 9.58. The second-order valence-electron chi connectivity index (χ2n) is 7.77. The van der Waals surface area contributed by atoms with Crippen molar-refractivity contribution in [2.24, 2.45) is 11.8 Å². The quantitative estimate of drug-likeness (QED) is 0.728. The fraction of sp³-hybridized carbons (Fsp3) is 0.650. The van der Waals surface area contributed by atoms with Crippen molar-refractivity contribution in [2.75, 3.05) is 66.6 Å². The van der Waals surface area contributed by atoms with Crippen LogP contribution < -0.4 is 4.74 Å². The molecule has 8 heteroatoms. The van der Waals surface area contributed by atoms with Crippen molar-refractivity contribution >= 4 is 30.7 Å². The lowest BCUT2D eigenvalue weighted by Gasteiger charge is -2.30. The maximum absolute atomic E-state index is 12.8. The number of methoxy groups -OCH3 is 1. The molecule has 4 rings (SSSR count). The third kappa shape index (κ3) is 4.74. The molecule has 0 aliphatic carbocycles. The van der Waals surface area contributed by atoms with Crippen molar-refractivity contribution in [2.45, 2.75) is 6.04 Å². The average molecular weight is 432 g/mol. The zero-order valence-electron chi connectivity index (χ0n) is 16.6. The van der Waals surface area contributed by atoms with Gasteiger partial charge in [0.25, 0.3) is 0 Å². The van der Waals surface area contributed by atoms with E-state index in [1.54, 1.807) is 7.11 Å². The average Bonchev–Trinajstić information content (AvgIpc) is 3.19. The molecule has 0 spiro atoms. The fourth-order valence-electron chi connectivity index (χ4n) is 4.81. The van der Waals surface area contributed by atoms with E-state index in [-0.39, 0.29) is 30.7 Å². The Morgan fingerprint density at radius 3 is 2.43 bits per heavy atom. The highest BCUT2D eigenvalue weighted by molar-refractivity contribution is 5.85. The minimum Gasteiger partial charge on any atom is -0.497 e. The van der Waals surface area contributed by atoms with Gasteiger partial charge in [0, 0.05) is 44.7 Å². The molecule has 0 saturated carbocycles. The summed E-state index contributed by atoms with van der Waals surface area (Å²) in [7, 11) is 3.90. The van der Waals surface area contributed by atoms with Crippen LogP contribution in [-0.2, 0) is 9.53 Å². The van der Waals surface area contributed by atoms with Gasteiger partial charge in [0.15, 0.2) is 0 Å². The van der Waals surface area contributed by atoms with E-state index >= 15 is 0 Å². The van der Waals surface area contributed by atoms with Crippen molar-refractivity contribution in [3.63, 3.8) is 0 Å². The first-order valence-corrected chi connectivity index (χ1v) is 9.58. The lowest BCUT2D eigenvalue weighted by Crippen LogP contribution is -2.44. The maximum Gasteiger partial charge on any atom is 0.236 e. The van der Waals surface area contributed by atoms with Crippen LogP contribution in [0, 0.1) is 11.8 Å². The van der Waals surface area contributed by atoms with Crippen molar-refractivity contribution < 1.29 is 14.3 Å². The van der Waals surface area contributed by atoms with E-state index in [1.807, 2.05) is 12.1 Å². The number of fused-ring (bicyclic) bond motifs is 1. The predicted molar refractivity (Wildman–Crippen MR) is 114 cm³/mol. The van der Waals surface area contributed by atoms with E-state index in [0.29, 0.717) is 24.4 Å². The van der Waals surface area contributed by atoms with Crippen molar-refractivity contribution in [3.8, 4) is 5.75 Å². The third-order valence-electron chi connectivity index (χ3n) is 6.17. The third-order valence-corrected chi connectivity index (χ3v) is 6.17. The van der Waals surface area contributed by atoms with Gasteiger partial charge in [0.1, 0.15) is 5.75 Å². The van der Waals surface area contributed by atoms with E-state index in [1.165, 1.54) is 5.56 Å². The largest absolute Gasteiger partial charge is 0.497 e. The molecular formula is C20H31Cl2N3O3. The number of morpholine rings is 1. The van der Waals surface area contributed by atoms with Crippen LogP contribution in [0.3, 0.4) is 0 Å². The number of likely N-dealkylation sites (tertiary alicyclic amines) is 2. The first kappa shape index (κ1) is 23.2. The summed E-state index contributed by atoms with van der Waals surface area (Å²) in [4.78, 5) is 19.5. The van der Waals surface area contributed by atoms with Crippen LogP contribution in [0.25, 0.3) is 0 Å². The molecule has 0 aromatic heterocycles. The molecule has 1 amide bonds. The Morgan fingerprint density at radius 2 is 1.79 bits per heavy atom. The molecule has 3 aliphatic heterocycles. The second kappa shape index (κ2) is 10.1. The molecule has 0 unspecified atom stereocenters. The van der Waals surface area contributed by atoms with Gasteiger partial charge in [-0.2, -0.15) is 0 Å². The van der Waals surface area contributed by atoms with E-state index in [9.17, 15) is 4.79 Å². The van der Waals surface area contributed by atoms with Crippen molar-refractivity contribution in [1.82, 2.24) is 14.7 Å². The predicted octanol–water partition coefficient (Wildman–Crippen LogP) is 1.93. The maximum atomic E-state index is 12.8. The normalized spacial score (nSPS) is 27.6. The number of amides is 1. The highest BCUT2D eigenvalue weighted by atomic mass is 35.5. The number of hydrogen-bond donors (Lipinski definition) is 0. The molecule has 3 saturated heterocycles. The van der Waals surface area contributed by atoms with Gasteiger partial charge >= 0.3 is 0 Å². The molecule has 6 nitrogen and oxygen atoms in total.